The van der Waals surface area contributed by atoms with E-state index in [2.05, 4.69) is 5.32 Å². The number of aliphatic hydroxyl groups is 1. The van der Waals surface area contributed by atoms with Crippen LogP contribution in [-0.2, 0) is 9.53 Å². The van der Waals surface area contributed by atoms with E-state index < -0.39 is 6.10 Å². The van der Waals surface area contributed by atoms with Crippen molar-refractivity contribution >= 4 is 17.5 Å². The first-order valence-electron chi connectivity index (χ1n) is 7.40. The Morgan fingerprint density at radius 1 is 1.45 bits per heavy atom. The topological polar surface area (TPSA) is 67.8 Å². The molecule has 1 aromatic rings. The SMILES string of the molecule is CO[C@@H]1CCC[C@@H](NC(=O)COc2cc(C)ccc2Cl)[C@H]1O. The van der Waals surface area contributed by atoms with Gasteiger partial charge in [0.05, 0.1) is 17.2 Å². The van der Waals surface area contributed by atoms with Crippen LogP contribution >= 0.6 is 11.6 Å². The molecule has 5 nitrogen and oxygen atoms in total. The van der Waals surface area contributed by atoms with Crippen molar-refractivity contribution in [2.45, 2.75) is 44.4 Å². The average Bonchev–Trinajstić information content (AvgIpc) is 2.50. The number of aliphatic hydroxyl groups excluding tert-OH is 1. The van der Waals surface area contributed by atoms with Crippen LogP contribution in [0.1, 0.15) is 24.8 Å². The van der Waals surface area contributed by atoms with Gasteiger partial charge in [0.1, 0.15) is 11.9 Å². The Morgan fingerprint density at radius 3 is 2.95 bits per heavy atom. The molecule has 122 valence electrons. The van der Waals surface area contributed by atoms with Gasteiger partial charge < -0.3 is 19.9 Å². The van der Waals surface area contributed by atoms with Crippen LogP contribution in [0.4, 0.5) is 0 Å². The highest BCUT2D eigenvalue weighted by molar-refractivity contribution is 6.32. The Bertz CT molecular complexity index is 523. The zero-order valence-electron chi connectivity index (χ0n) is 12.8. The highest BCUT2D eigenvalue weighted by atomic mass is 35.5. The van der Waals surface area contributed by atoms with Gasteiger partial charge in [-0.3, -0.25) is 4.79 Å². The van der Waals surface area contributed by atoms with Crippen molar-refractivity contribution < 1.29 is 19.4 Å². The van der Waals surface area contributed by atoms with E-state index >= 15 is 0 Å². The van der Waals surface area contributed by atoms with Crippen LogP contribution in [0.2, 0.25) is 5.02 Å². The van der Waals surface area contributed by atoms with Crippen LogP contribution in [0.15, 0.2) is 18.2 Å². The molecule has 0 spiro atoms. The molecule has 1 amide bonds. The summed E-state index contributed by atoms with van der Waals surface area (Å²) in [6, 6.07) is 5.09. The minimum Gasteiger partial charge on any atom is -0.482 e. The second kappa shape index (κ2) is 7.81. The van der Waals surface area contributed by atoms with Gasteiger partial charge in [-0.15, -0.1) is 0 Å². The fraction of sp³-hybridized carbons (Fsp3) is 0.562. The summed E-state index contributed by atoms with van der Waals surface area (Å²) in [5, 5.41) is 13.4. The number of ether oxygens (including phenoxy) is 2. The third-order valence-corrected chi connectivity index (χ3v) is 4.20. The van der Waals surface area contributed by atoms with Crippen molar-refractivity contribution in [1.82, 2.24) is 5.32 Å². The molecule has 1 saturated carbocycles. The maximum atomic E-state index is 12.0. The van der Waals surface area contributed by atoms with Crippen molar-refractivity contribution in [1.29, 1.82) is 0 Å². The molecule has 0 radical (unpaired) electrons. The van der Waals surface area contributed by atoms with Gasteiger partial charge in [0.25, 0.3) is 5.91 Å². The third kappa shape index (κ3) is 4.35. The fourth-order valence-corrected chi connectivity index (χ4v) is 2.84. The van der Waals surface area contributed by atoms with Gasteiger partial charge in [0, 0.05) is 7.11 Å². The summed E-state index contributed by atoms with van der Waals surface area (Å²) in [7, 11) is 1.57. The number of aryl methyl sites for hydroxylation is 1. The monoisotopic (exact) mass is 327 g/mol. The number of hydrogen-bond acceptors (Lipinski definition) is 4. The van der Waals surface area contributed by atoms with Crippen molar-refractivity contribution in [3.8, 4) is 5.75 Å². The molecule has 2 rings (SSSR count). The number of carbonyl (C=O) groups is 1. The van der Waals surface area contributed by atoms with E-state index in [4.69, 9.17) is 21.1 Å². The van der Waals surface area contributed by atoms with E-state index in [1.807, 2.05) is 13.0 Å². The van der Waals surface area contributed by atoms with Crippen molar-refractivity contribution in [2.24, 2.45) is 0 Å². The second-order valence-electron chi connectivity index (χ2n) is 5.59. The van der Waals surface area contributed by atoms with Gasteiger partial charge >= 0.3 is 0 Å². The molecule has 3 atom stereocenters. The third-order valence-electron chi connectivity index (χ3n) is 3.89. The largest absolute Gasteiger partial charge is 0.482 e. The Kier molecular flexibility index (Phi) is 6.06. The van der Waals surface area contributed by atoms with Gasteiger partial charge in [-0.2, -0.15) is 0 Å². The molecule has 1 aliphatic carbocycles. The molecule has 0 aromatic heterocycles. The number of benzene rings is 1. The number of hydrogen-bond donors (Lipinski definition) is 2. The van der Waals surface area contributed by atoms with E-state index in [1.54, 1.807) is 19.2 Å². The first kappa shape index (κ1) is 17.1. The summed E-state index contributed by atoms with van der Waals surface area (Å²) in [6.07, 6.45) is 1.53. The maximum Gasteiger partial charge on any atom is 0.258 e. The predicted octanol–water partition coefficient (Wildman–Crippen LogP) is 2.07. The highest BCUT2D eigenvalue weighted by Gasteiger charge is 2.32. The summed E-state index contributed by atoms with van der Waals surface area (Å²) in [6.45, 7) is 1.79. The normalized spacial score (nSPS) is 24.8. The molecule has 0 bridgehead atoms. The zero-order chi connectivity index (χ0) is 16.1. The van der Waals surface area contributed by atoms with E-state index in [1.165, 1.54) is 0 Å². The first-order valence-corrected chi connectivity index (χ1v) is 7.78. The van der Waals surface area contributed by atoms with Crippen molar-refractivity contribution in [2.75, 3.05) is 13.7 Å². The lowest BCUT2D eigenvalue weighted by Gasteiger charge is -2.34. The Morgan fingerprint density at radius 2 is 2.23 bits per heavy atom. The molecule has 1 aliphatic rings. The van der Waals surface area contributed by atoms with Crippen molar-refractivity contribution in [3.05, 3.63) is 28.8 Å². The molecule has 0 saturated heterocycles. The summed E-state index contributed by atoms with van der Waals surface area (Å²) in [5.41, 5.74) is 1.01. The molecule has 6 heteroatoms. The number of carbonyl (C=O) groups excluding carboxylic acids is 1. The molecule has 22 heavy (non-hydrogen) atoms. The van der Waals surface area contributed by atoms with E-state index in [9.17, 15) is 9.90 Å². The van der Waals surface area contributed by atoms with E-state index in [0.29, 0.717) is 10.8 Å². The zero-order valence-corrected chi connectivity index (χ0v) is 13.6. The summed E-state index contributed by atoms with van der Waals surface area (Å²) in [5.74, 6) is 0.203. The number of methoxy groups -OCH3 is 1. The maximum absolute atomic E-state index is 12.0. The highest BCUT2D eigenvalue weighted by Crippen LogP contribution is 2.25. The molecule has 2 N–H and O–H groups in total. The first-order chi connectivity index (χ1) is 10.5. The van der Waals surface area contributed by atoms with Crippen LogP contribution in [0, 0.1) is 6.92 Å². The fourth-order valence-electron chi connectivity index (χ4n) is 2.67. The van der Waals surface area contributed by atoms with Crippen LogP contribution < -0.4 is 10.1 Å². The summed E-state index contributed by atoms with van der Waals surface area (Å²) >= 11 is 6.02. The van der Waals surface area contributed by atoms with Gasteiger partial charge in [-0.25, -0.2) is 0 Å². The lowest BCUT2D eigenvalue weighted by atomic mass is 9.90. The standard InChI is InChI=1S/C16H22ClNO4/c1-10-6-7-11(17)14(8-10)22-9-15(19)18-12-4-3-5-13(21-2)16(12)20/h6-8,12-13,16,20H,3-5,9H2,1-2H3,(H,18,19)/t12-,13-,16-/m1/s1. The molecule has 1 aromatic carbocycles. The van der Waals surface area contributed by atoms with E-state index in [-0.39, 0.29) is 24.7 Å². The van der Waals surface area contributed by atoms with Crippen molar-refractivity contribution in [3.63, 3.8) is 0 Å². The molecule has 0 aliphatic heterocycles. The van der Waals surface area contributed by atoms with Gasteiger partial charge in [0.15, 0.2) is 6.61 Å². The van der Waals surface area contributed by atoms with Crippen LogP contribution in [0.25, 0.3) is 0 Å². The Balaban J connectivity index is 1.86. The second-order valence-corrected chi connectivity index (χ2v) is 6.00. The lowest BCUT2D eigenvalue weighted by Crippen LogP contribution is -2.52. The summed E-state index contributed by atoms with van der Waals surface area (Å²) < 4.78 is 10.7. The minimum absolute atomic E-state index is 0.135. The molecule has 0 unspecified atom stereocenters. The number of halogens is 1. The molecular formula is C16H22ClNO4. The van der Waals surface area contributed by atoms with Crippen LogP contribution in [0.5, 0.6) is 5.75 Å². The van der Waals surface area contributed by atoms with E-state index in [0.717, 1.165) is 24.8 Å². The number of nitrogens with one attached hydrogen (secondary N) is 1. The smallest absolute Gasteiger partial charge is 0.258 e. The lowest BCUT2D eigenvalue weighted by molar-refractivity contribution is -0.126. The van der Waals surface area contributed by atoms with Gasteiger partial charge in [0.2, 0.25) is 0 Å². The molecule has 0 heterocycles. The predicted molar refractivity (Wildman–Crippen MR) is 84.3 cm³/mol. The Hall–Kier alpha value is -1.30. The van der Waals surface area contributed by atoms with Crippen LogP contribution in [-0.4, -0.2) is 43.0 Å². The number of amides is 1. The van der Waals surface area contributed by atoms with Gasteiger partial charge in [-0.1, -0.05) is 17.7 Å². The van der Waals surface area contributed by atoms with Gasteiger partial charge in [-0.05, 0) is 43.9 Å². The van der Waals surface area contributed by atoms with Crippen LogP contribution in [0.3, 0.4) is 0 Å². The molecular weight excluding hydrogens is 306 g/mol. The minimum atomic E-state index is -0.690. The molecule has 1 fully saturated rings. The number of rotatable bonds is 5. The quantitative estimate of drug-likeness (QED) is 0.869. The Labute approximate surface area is 135 Å². The average molecular weight is 328 g/mol. The summed E-state index contributed by atoms with van der Waals surface area (Å²) in [4.78, 5) is 12.0.